The van der Waals surface area contributed by atoms with Gasteiger partial charge in [0.2, 0.25) is 0 Å². The summed E-state index contributed by atoms with van der Waals surface area (Å²) < 4.78 is 50.4. The number of hydrazine groups is 1. The molecule has 0 aromatic heterocycles. The summed E-state index contributed by atoms with van der Waals surface area (Å²) in [6.45, 7) is 6.26. The molecule has 8 nitrogen and oxygen atoms in total. The molecule has 2 unspecified atom stereocenters. The molecule has 11 heteroatoms. The molecule has 0 radical (unpaired) electrons. The molecule has 0 aliphatic carbocycles. The number of halogens is 3. The number of hydrogen-bond donors (Lipinski definition) is 2. The van der Waals surface area contributed by atoms with Crippen LogP contribution in [0.25, 0.3) is 0 Å². The Morgan fingerprint density at radius 3 is 2.08 bits per heavy atom. The summed E-state index contributed by atoms with van der Waals surface area (Å²) in [5, 5.41) is 10.4. The second-order valence-electron chi connectivity index (χ2n) is 6.71. The number of ketones is 1. The molecular formula is C15H21F3N2O6. The minimum atomic E-state index is -5.41. The lowest BCUT2D eigenvalue weighted by Crippen LogP contribution is -2.65. The number of allylic oxidation sites excluding steroid dienone is 1. The van der Waals surface area contributed by atoms with Gasteiger partial charge in [-0.15, -0.1) is 0 Å². The van der Waals surface area contributed by atoms with E-state index >= 15 is 0 Å². The van der Waals surface area contributed by atoms with Crippen molar-refractivity contribution in [2.45, 2.75) is 52.1 Å². The van der Waals surface area contributed by atoms with Crippen LogP contribution in [-0.2, 0) is 19.1 Å². The number of nitrogens with zero attached hydrogens (tertiary/aromatic N) is 1. The fourth-order valence-electron chi connectivity index (χ4n) is 2.63. The van der Waals surface area contributed by atoms with Crippen LogP contribution in [0.3, 0.4) is 0 Å². The van der Waals surface area contributed by atoms with Crippen molar-refractivity contribution in [1.82, 2.24) is 10.4 Å². The van der Waals surface area contributed by atoms with Crippen LogP contribution < -0.4 is 5.43 Å². The van der Waals surface area contributed by atoms with E-state index in [-0.39, 0.29) is 5.01 Å². The van der Waals surface area contributed by atoms with Gasteiger partial charge in [0.05, 0.1) is 12.7 Å². The zero-order valence-corrected chi connectivity index (χ0v) is 15.1. The predicted octanol–water partition coefficient (Wildman–Crippen LogP) is 1.64. The molecule has 0 saturated carbocycles. The maximum absolute atomic E-state index is 13.7. The van der Waals surface area contributed by atoms with Crippen LogP contribution in [0.5, 0.6) is 0 Å². The number of alkyl halides is 3. The molecule has 1 heterocycles. The van der Waals surface area contributed by atoms with Gasteiger partial charge in [-0.1, -0.05) is 0 Å². The Kier molecular flexibility index (Phi) is 5.67. The zero-order valence-electron chi connectivity index (χ0n) is 15.1. The molecule has 0 fully saturated rings. The summed E-state index contributed by atoms with van der Waals surface area (Å²) in [6.07, 6.45) is -6.72. The number of hydrogen-bond acceptors (Lipinski definition) is 7. The number of ether oxygens (including phenoxy) is 2. The molecule has 1 rings (SSSR count). The first-order chi connectivity index (χ1) is 11.6. The lowest BCUT2D eigenvalue weighted by molar-refractivity contribution is -0.321. The van der Waals surface area contributed by atoms with Crippen LogP contribution in [0.1, 0.15) is 34.6 Å². The summed E-state index contributed by atoms with van der Waals surface area (Å²) in [6, 6.07) is 0. The lowest BCUT2D eigenvalue weighted by atomic mass is 9.87. The van der Waals surface area contributed by atoms with Crippen molar-refractivity contribution in [2.75, 3.05) is 7.11 Å². The molecule has 0 bridgehead atoms. The molecular weight excluding hydrogens is 361 g/mol. The average molecular weight is 382 g/mol. The fraction of sp³-hybridized carbons (Fsp3) is 0.667. The number of rotatable bonds is 3. The third-order valence-corrected chi connectivity index (χ3v) is 3.59. The van der Waals surface area contributed by atoms with Crippen molar-refractivity contribution in [3.8, 4) is 0 Å². The van der Waals surface area contributed by atoms with Crippen molar-refractivity contribution in [3.05, 3.63) is 11.3 Å². The van der Waals surface area contributed by atoms with Crippen molar-refractivity contribution in [2.24, 2.45) is 5.92 Å². The normalized spacial score (nSPS) is 23.8. The number of aliphatic hydroxyl groups is 1. The Morgan fingerprint density at radius 2 is 1.73 bits per heavy atom. The maximum Gasteiger partial charge on any atom is 0.439 e. The van der Waals surface area contributed by atoms with Crippen molar-refractivity contribution < 1.29 is 42.1 Å². The molecule has 26 heavy (non-hydrogen) atoms. The first-order valence-corrected chi connectivity index (χ1v) is 7.46. The molecule has 2 N–H and O–H groups in total. The predicted molar refractivity (Wildman–Crippen MR) is 81.1 cm³/mol. The van der Waals surface area contributed by atoms with Crippen LogP contribution >= 0.6 is 0 Å². The Balaban J connectivity index is 3.51. The number of nitrogens with one attached hydrogen (secondary N) is 1. The summed E-state index contributed by atoms with van der Waals surface area (Å²) in [7, 11) is 0.913. The van der Waals surface area contributed by atoms with E-state index in [1.807, 2.05) is 0 Å². The molecule has 0 aromatic carbocycles. The number of carbonyl (C=O) groups excluding carboxylic acids is 3. The molecule has 1 aliphatic heterocycles. The first-order valence-electron chi connectivity index (χ1n) is 7.46. The van der Waals surface area contributed by atoms with Crippen molar-refractivity contribution in [3.63, 3.8) is 0 Å². The van der Waals surface area contributed by atoms with Gasteiger partial charge in [-0.25, -0.2) is 20.0 Å². The van der Waals surface area contributed by atoms with Gasteiger partial charge < -0.3 is 14.6 Å². The van der Waals surface area contributed by atoms with Gasteiger partial charge in [0, 0.05) is 5.70 Å². The summed E-state index contributed by atoms with van der Waals surface area (Å²) in [4.78, 5) is 35.7. The zero-order chi connectivity index (χ0) is 20.7. The highest BCUT2D eigenvalue weighted by Gasteiger charge is 2.70. The quantitative estimate of drug-likeness (QED) is 0.715. The Morgan fingerprint density at radius 1 is 1.23 bits per heavy atom. The first kappa shape index (κ1) is 21.7. The van der Waals surface area contributed by atoms with Gasteiger partial charge in [0.15, 0.2) is 0 Å². The van der Waals surface area contributed by atoms with Crippen LogP contribution in [0.15, 0.2) is 11.3 Å². The third kappa shape index (κ3) is 3.76. The van der Waals surface area contributed by atoms with E-state index in [0.717, 1.165) is 21.0 Å². The highest BCUT2D eigenvalue weighted by Crippen LogP contribution is 2.49. The van der Waals surface area contributed by atoms with E-state index in [2.05, 4.69) is 4.74 Å². The molecule has 1 aliphatic rings. The smallest absolute Gasteiger partial charge is 0.439 e. The largest absolute Gasteiger partial charge is 0.466 e. The van der Waals surface area contributed by atoms with Gasteiger partial charge in [-0.05, 0) is 34.6 Å². The monoisotopic (exact) mass is 382 g/mol. The molecule has 0 spiro atoms. The minimum Gasteiger partial charge on any atom is -0.466 e. The van der Waals surface area contributed by atoms with Gasteiger partial charge in [-0.2, -0.15) is 13.2 Å². The van der Waals surface area contributed by atoms with Crippen LogP contribution in [0, 0.1) is 5.92 Å². The van der Waals surface area contributed by atoms with Gasteiger partial charge in [0.25, 0.3) is 5.72 Å². The molecule has 148 valence electrons. The standard InChI is InChI=1S/C15H21F3N2O6/c1-7-9(11(22)25-6)10(8(2)21)14(24,15(16,17)18)20(7)19-12(23)26-13(3,4)5/h10,24H,1-6H3,(H,19,23). The fourth-order valence-corrected chi connectivity index (χ4v) is 2.63. The van der Waals surface area contributed by atoms with Crippen molar-refractivity contribution >= 4 is 17.8 Å². The third-order valence-electron chi connectivity index (χ3n) is 3.59. The molecule has 0 aromatic rings. The van der Waals surface area contributed by atoms with E-state index in [1.165, 1.54) is 20.8 Å². The Hall–Kier alpha value is -2.30. The van der Waals surface area contributed by atoms with E-state index in [9.17, 15) is 32.7 Å². The van der Waals surface area contributed by atoms with E-state index in [4.69, 9.17) is 4.74 Å². The Labute approximate surface area is 147 Å². The number of esters is 1. The molecule has 2 atom stereocenters. The lowest BCUT2D eigenvalue weighted by Gasteiger charge is -2.40. The summed E-state index contributed by atoms with van der Waals surface area (Å²) in [5.41, 5.74) is -4.37. The number of amides is 1. The van der Waals surface area contributed by atoms with Crippen LogP contribution in [0.4, 0.5) is 18.0 Å². The molecule has 0 saturated heterocycles. The van der Waals surface area contributed by atoms with Crippen molar-refractivity contribution in [1.29, 1.82) is 0 Å². The maximum atomic E-state index is 13.7. The van der Waals surface area contributed by atoms with Gasteiger partial charge in [0.1, 0.15) is 17.3 Å². The van der Waals surface area contributed by atoms with E-state index in [1.54, 1.807) is 5.43 Å². The highest BCUT2D eigenvalue weighted by molar-refractivity contribution is 5.99. The van der Waals surface area contributed by atoms with Crippen LogP contribution in [0.2, 0.25) is 0 Å². The Bertz CT molecular complexity index is 653. The highest BCUT2D eigenvalue weighted by atomic mass is 19.4. The second kappa shape index (κ2) is 6.78. The molecule has 1 amide bonds. The van der Waals surface area contributed by atoms with Gasteiger partial charge in [-0.3, -0.25) is 4.79 Å². The summed E-state index contributed by atoms with van der Waals surface area (Å²) in [5.74, 6) is -4.69. The van der Waals surface area contributed by atoms with E-state index < -0.39 is 52.5 Å². The minimum absolute atomic E-state index is 0.0133. The number of methoxy groups -OCH3 is 1. The number of Topliss-reactive ketones (excluding diaryl/α,β-unsaturated/α-hetero) is 1. The number of carbonyl (C=O) groups is 3. The average Bonchev–Trinajstić information content (AvgIpc) is 2.66. The summed E-state index contributed by atoms with van der Waals surface area (Å²) >= 11 is 0. The topological polar surface area (TPSA) is 105 Å². The van der Waals surface area contributed by atoms with E-state index in [0.29, 0.717) is 0 Å². The second-order valence-corrected chi connectivity index (χ2v) is 6.71. The van der Waals surface area contributed by atoms with Gasteiger partial charge >= 0.3 is 18.2 Å². The SMILES string of the molecule is COC(=O)C1=C(C)N(NC(=O)OC(C)(C)C)C(O)(C(F)(F)F)C1C(C)=O. The van der Waals surface area contributed by atoms with Crippen LogP contribution in [-0.4, -0.2) is 52.6 Å².